The zero-order chi connectivity index (χ0) is 17.2. The maximum atomic E-state index is 12.0. The maximum absolute atomic E-state index is 12.0. The van der Waals surface area contributed by atoms with E-state index in [1.807, 2.05) is 4.98 Å². The van der Waals surface area contributed by atoms with Crippen molar-refractivity contribution in [2.75, 3.05) is 13.2 Å². The number of hydrogen-bond donors (Lipinski definition) is 3. The summed E-state index contributed by atoms with van der Waals surface area (Å²) in [5, 5.41) is 18.6. The Morgan fingerprint density at radius 2 is 2.13 bits per heavy atom. The van der Waals surface area contributed by atoms with Gasteiger partial charge in [0.05, 0.1) is 24.9 Å². The molecule has 130 valence electrons. The predicted octanol–water partition coefficient (Wildman–Crippen LogP) is -0.744. The summed E-state index contributed by atoms with van der Waals surface area (Å²) in [4.78, 5) is 25.3. The number of aromatic nitrogens is 2. The summed E-state index contributed by atoms with van der Waals surface area (Å²) < 4.78 is 46.7. The Labute approximate surface area is 127 Å². The van der Waals surface area contributed by atoms with Crippen LogP contribution in [0.4, 0.5) is 13.2 Å². The average molecular weight is 340 g/mol. The van der Waals surface area contributed by atoms with Crippen LogP contribution in [-0.4, -0.2) is 51.4 Å². The number of aromatic amines is 1. The largest absolute Gasteiger partial charge is 0.411 e. The van der Waals surface area contributed by atoms with E-state index in [9.17, 15) is 27.9 Å². The van der Waals surface area contributed by atoms with Crippen LogP contribution in [0.5, 0.6) is 0 Å². The first-order valence-corrected chi connectivity index (χ1v) is 6.64. The summed E-state index contributed by atoms with van der Waals surface area (Å²) in [6.45, 7) is -2.64. The highest BCUT2D eigenvalue weighted by atomic mass is 19.4. The molecule has 0 radical (unpaired) electrons. The van der Waals surface area contributed by atoms with E-state index >= 15 is 0 Å². The summed E-state index contributed by atoms with van der Waals surface area (Å²) in [6, 6.07) is 0. The lowest BCUT2D eigenvalue weighted by atomic mass is 10.2. The molecule has 11 heteroatoms. The molecular formula is C12H15F3N2O6. The van der Waals surface area contributed by atoms with Crippen molar-refractivity contribution in [3.05, 3.63) is 32.6 Å². The van der Waals surface area contributed by atoms with Gasteiger partial charge in [-0.25, -0.2) is 4.79 Å². The lowest BCUT2D eigenvalue weighted by Crippen LogP contribution is -2.34. The highest BCUT2D eigenvalue weighted by Gasteiger charge is 2.35. The van der Waals surface area contributed by atoms with Gasteiger partial charge in [0.15, 0.2) is 0 Å². The summed E-state index contributed by atoms with van der Waals surface area (Å²) in [5.41, 5.74) is -1.91. The highest BCUT2D eigenvalue weighted by molar-refractivity contribution is 5.04. The van der Waals surface area contributed by atoms with Crippen molar-refractivity contribution < 1.29 is 32.9 Å². The van der Waals surface area contributed by atoms with E-state index in [1.54, 1.807) is 0 Å². The van der Waals surface area contributed by atoms with Crippen molar-refractivity contribution in [3.8, 4) is 0 Å². The first-order valence-electron chi connectivity index (χ1n) is 6.64. The van der Waals surface area contributed by atoms with Gasteiger partial charge in [-0.05, 0) is 0 Å². The Morgan fingerprint density at radius 1 is 1.43 bits per heavy atom. The van der Waals surface area contributed by atoms with Crippen molar-refractivity contribution in [3.63, 3.8) is 0 Å². The Kier molecular flexibility index (Phi) is 5.24. The normalized spacial score (nSPS) is 25.0. The lowest BCUT2D eigenvalue weighted by molar-refractivity contribution is -0.176. The van der Waals surface area contributed by atoms with Crippen LogP contribution in [0.1, 0.15) is 18.2 Å². The fourth-order valence-corrected chi connectivity index (χ4v) is 2.17. The molecule has 1 aliphatic heterocycles. The van der Waals surface area contributed by atoms with E-state index in [0.29, 0.717) is 0 Å². The van der Waals surface area contributed by atoms with Gasteiger partial charge < -0.3 is 19.7 Å². The number of rotatable bonds is 5. The summed E-state index contributed by atoms with van der Waals surface area (Å²) >= 11 is 0. The number of aliphatic hydroxyl groups is 2. The third kappa shape index (κ3) is 4.41. The van der Waals surface area contributed by atoms with Crippen LogP contribution >= 0.6 is 0 Å². The minimum Gasteiger partial charge on any atom is -0.394 e. The zero-order valence-corrected chi connectivity index (χ0v) is 11.7. The monoisotopic (exact) mass is 340 g/mol. The second-order valence-corrected chi connectivity index (χ2v) is 5.04. The van der Waals surface area contributed by atoms with E-state index in [-0.39, 0.29) is 12.0 Å². The van der Waals surface area contributed by atoms with E-state index in [2.05, 4.69) is 4.74 Å². The van der Waals surface area contributed by atoms with E-state index in [0.717, 1.165) is 10.8 Å². The summed E-state index contributed by atoms with van der Waals surface area (Å²) in [7, 11) is 0. The number of hydrogen-bond acceptors (Lipinski definition) is 6. The zero-order valence-electron chi connectivity index (χ0n) is 11.7. The number of halogens is 3. The average Bonchev–Trinajstić information content (AvgIpc) is 2.81. The third-order valence-corrected chi connectivity index (χ3v) is 3.26. The number of ether oxygens (including phenoxy) is 2. The second-order valence-electron chi connectivity index (χ2n) is 5.04. The van der Waals surface area contributed by atoms with Crippen molar-refractivity contribution in [1.29, 1.82) is 0 Å². The smallest absolute Gasteiger partial charge is 0.394 e. The maximum Gasteiger partial charge on any atom is 0.411 e. The van der Waals surface area contributed by atoms with Crippen molar-refractivity contribution >= 4 is 0 Å². The number of nitrogens with zero attached hydrogens (tertiary/aromatic N) is 1. The molecule has 8 nitrogen and oxygen atoms in total. The number of H-pyrrole nitrogens is 1. The summed E-state index contributed by atoms with van der Waals surface area (Å²) in [6.07, 6.45) is -6.37. The van der Waals surface area contributed by atoms with E-state index in [1.165, 1.54) is 0 Å². The molecular weight excluding hydrogens is 325 g/mol. The van der Waals surface area contributed by atoms with Crippen LogP contribution < -0.4 is 11.2 Å². The molecule has 1 aromatic rings. The highest BCUT2D eigenvalue weighted by Crippen LogP contribution is 2.27. The first-order chi connectivity index (χ1) is 10.7. The summed E-state index contributed by atoms with van der Waals surface area (Å²) in [5.74, 6) is 0. The van der Waals surface area contributed by atoms with Crippen LogP contribution in [0.2, 0.25) is 0 Å². The molecule has 0 aromatic carbocycles. The van der Waals surface area contributed by atoms with Crippen LogP contribution in [0.15, 0.2) is 15.8 Å². The van der Waals surface area contributed by atoms with Gasteiger partial charge in [-0.1, -0.05) is 0 Å². The minimum absolute atomic E-state index is 0.0139. The number of nitrogens with one attached hydrogen (secondary N) is 1. The molecule has 2 heterocycles. The van der Waals surface area contributed by atoms with Crippen molar-refractivity contribution in [2.24, 2.45) is 0 Å². The van der Waals surface area contributed by atoms with Crippen molar-refractivity contribution in [1.82, 2.24) is 9.55 Å². The van der Waals surface area contributed by atoms with Crippen LogP contribution in [0.25, 0.3) is 0 Å². The standard InChI is InChI=1S/C12H15F3N2O6/c13-12(14,15)5-22-4-6-2-17(11(21)16-10(6)20)9-1-7(19)8(3-18)23-9/h2,7-9,18-19H,1,3-5H2,(H,16,20,21)/t7-,8+,9+/m0/s1. The van der Waals surface area contributed by atoms with E-state index in [4.69, 9.17) is 9.84 Å². The van der Waals surface area contributed by atoms with Gasteiger partial charge in [0.1, 0.15) is 18.9 Å². The SMILES string of the molecule is O=c1[nH]c(=O)n([C@H]2C[C@H](O)[C@@H](CO)O2)cc1COCC(F)(F)F. The van der Waals surface area contributed by atoms with Crippen molar-refractivity contribution in [2.45, 2.75) is 37.6 Å². The fraction of sp³-hybridized carbons (Fsp3) is 0.667. The number of aliphatic hydroxyl groups excluding tert-OH is 2. The van der Waals surface area contributed by atoms with E-state index < -0.39 is 55.7 Å². The molecule has 23 heavy (non-hydrogen) atoms. The molecule has 0 spiro atoms. The molecule has 1 saturated heterocycles. The Morgan fingerprint density at radius 3 is 2.70 bits per heavy atom. The lowest BCUT2D eigenvalue weighted by Gasteiger charge is -2.15. The molecule has 1 aliphatic rings. The molecule has 0 amide bonds. The molecule has 3 atom stereocenters. The van der Waals surface area contributed by atoms with Gasteiger partial charge in [0.25, 0.3) is 5.56 Å². The molecule has 1 aromatic heterocycles. The van der Waals surface area contributed by atoms with Crippen LogP contribution in [0, 0.1) is 0 Å². The van der Waals surface area contributed by atoms with Gasteiger partial charge in [0.2, 0.25) is 0 Å². The fourth-order valence-electron chi connectivity index (χ4n) is 2.17. The van der Waals surface area contributed by atoms with Crippen LogP contribution in [0.3, 0.4) is 0 Å². The van der Waals surface area contributed by atoms with Gasteiger partial charge in [-0.15, -0.1) is 0 Å². The molecule has 0 aliphatic carbocycles. The topological polar surface area (TPSA) is 114 Å². The van der Waals surface area contributed by atoms with Crippen LogP contribution in [-0.2, 0) is 16.1 Å². The second kappa shape index (κ2) is 6.83. The molecule has 0 saturated carbocycles. The molecule has 0 bridgehead atoms. The first kappa shape index (κ1) is 17.7. The predicted molar refractivity (Wildman–Crippen MR) is 68.7 cm³/mol. The Hall–Kier alpha value is -1.69. The molecule has 3 N–H and O–H groups in total. The van der Waals surface area contributed by atoms with Gasteiger partial charge in [-0.3, -0.25) is 14.3 Å². The van der Waals surface area contributed by atoms with Gasteiger partial charge >= 0.3 is 11.9 Å². The van der Waals surface area contributed by atoms with Gasteiger partial charge in [0, 0.05) is 12.6 Å². The molecule has 2 rings (SSSR count). The number of alkyl halides is 3. The molecule has 0 unspecified atom stereocenters. The molecule has 1 fully saturated rings. The minimum atomic E-state index is -4.53. The van der Waals surface area contributed by atoms with Gasteiger partial charge in [-0.2, -0.15) is 13.2 Å². The Bertz CT molecular complexity index is 655. The third-order valence-electron chi connectivity index (χ3n) is 3.26. The Balaban J connectivity index is 2.17. The quantitative estimate of drug-likeness (QED) is 0.650.